The third-order valence-corrected chi connectivity index (χ3v) is 4.57. The molecule has 0 radical (unpaired) electrons. The van der Waals surface area contributed by atoms with Crippen molar-refractivity contribution in [2.45, 2.75) is 38.5 Å². The Balaban J connectivity index is 2.13. The highest BCUT2D eigenvalue weighted by Crippen LogP contribution is 2.25. The van der Waals surface area contributed by atoms with E-state index in [0.717, 1.165) is 6.26 Å². The van der Waals surface area contributed by atoms with E-state index >= 15 is 0 Å². The average molecular weight is 327 g/mol. The maximum Gasteiger partial charge on any atom is 0.238 e. The van der Waals surface area contributed by atoms with Gasteiger partial charge < -0.3 is 10.1 Å². The van der Waals surface area contributed by atoms with E-state index in [0.29, 0.717) is 12.2 Å². The molecule has 1 N–H and O–H groups in total. The van der Waals surface area contributed by atoms with E-state index in [1.165, 1.54) is 4.31 Å². The molecule has 1 saturated heterocycles. The van der Waals surface area contributed by atoms with E-state index in [9.17, 15) is 13.2 Å². The van der Waals surface area contributed by atoms with Crippen LogP contribution in [0.5, 0.6) is 5.75 Å². The van der Waals surface area contributed by atoms with Gasteiger partial charge in [0.2, 0.25) is 15.9 Å². The van der Waals surface area contributed by atoms with E-state index < -0.39 is 16.1 Å². The summed E-state index contributed by atoms with van der Waals surface area (Å²) in [5, 5.41) is 2.76. The second-order valence-corrected chi connectivity index (χ2v) is 7.61. The average Bonchev–Trinajstić information content (AvgIpc) is 2.83. The first-order chi connectivity index (χ1) is 10.3. The predicted molar refractivity (Wildman–Crippen MR) is 81.9 cm³/mol. The van der Waals surface area contributed by atoms with Crippen molar-refractivity contribution in [1.29, 1.82) is 0 Å². The lowest BCUT2D eigenvalue weighted by atomic mass is 10.2. The largest absolute Gasteiger partial charge is 0.487 e. The summed E-state index contributed by atoms with van der Waals surface area (Å²) in [5.74, 6) is 0.267. The fourth-order valence-corrected chi connectivity index (χ4v) is 3.53. The third-order valence-electron chi connectivity index (χ3n) is 3.31. The molecule has 7 nitrogen and oxygen atoms in total. The minimum absolute atomic E-state index is 0.0489. The van der Waals surface area contributed by atoms with Gasteiger partial charge in [0, 0.05) is 18.7 Å². The van der Waals surface area contributed by atoms with Gasteiger partial charge >= 0.3 is 0 Å². The first kappa shape index (κ1) is 16.7. The smallest absolute Gasteiger partial charge is 0.238 e. The number of hydrogen-bond acceptors (Lipinski definition) is 5. The molecule has 122 valence electrons. The Morgan fingerprint density at radius 1 is 1.50 bits per heavy atom. The van der Waals surface area contributed by atoms with Crippen LogP contribution in [0.3, 0.4) is 0 Å². The number of amides is 1. The number of nitrogens with zero attached hydrogens (tertiary/aromatic N) is 2. The summed E-state index contributed by atoms with van der Waals surface area (Å²) in [7, 11) is -3.48. The number of nitrogens with one attached hydrogen (secondary N) is 1. The Hall–Kier alpha value is -1.67. The van der Waals surface area contributed by atoms with Crippen molar-refractivity contribution in [3.63, 3.8) is 0 Å². The molecule has 1 aromatic heterocycles. The zero-order valence-corrected chi connectivity index (χ0v) is 13.7. The molecule has 0 bridgehead atoms. The molecular weight excluding hydrogens is 306 g/mol. The predicted octanol–water partition coefficient (Wildman–Crippen LogP) is 0.387. The van der Waals surface area contributed by atoms with Gasteiger partial charge in [-0.25, -0.2) is 8.42 Å². The van der Waals surface area contributed by atoms with E-state index in [1.54, 1.807) is 24.5 Å². The lowest BCUT2D eigenvalue weighted by Gasteiger charge is -2.21. The van der Waals surface area contributed by atoms with Crippen LogP contribution in [0.15, 0.2) is 24.5 Å². The molecule has 0 saturated carbocycles. The number of aromatic nitrogens is 1. The summed E-state index contributed by atoms with van der Waals surface area (Å²) < 4.78 is 30.8. The van der Waals surface area contributed by atoms with Gasteiger partial charge in [-0.05, 0) is 26.0 Å². The summed E-state index contributed by atoms with van der Waals surface area (Å²) >= 11 is 0. The first-order valence-corrected chi connectivity index (χ1v) is 8.96. The molecule has 1 fully saturated rings. The summed E-state index contributed by atoms with van der Waals surface area (Å²) in [6.07, 6.45) is 4.24. The lowest BCUT2D eigenvalue weighted by Crippen LogP contribution is -2.47. The molecule has 22 heavy (non-hydrogen) atoms. The highest BCUT2D eigenvalue weighted by atomic mass is 32.2. The van der Waals surface area contributed by atoms with E-state index in [1.807, 2.05) is 13.8 Å². The molecule has 2 heterocycles. The zero-order chi connectivity index (χ0) is 16.3. The SMILES string of the molecule is CC(C)NC(=O)[C@@H]1C[C@H](Oc2cccnc2)CN1S(C)(=O)=O. The summed E-state index contributed by atoms with van der Waals surface area (Å²) in [6, 6.07) is 2.70. The maximum atomic E-state index is 12.2. The second kappa shape index (κ2) is 6.62. The number of rotatable bonds is 5. The minimum atomic E-state index is -3.48. The standard InChI is InChI=1S/C14H21N3O4S/c1-10(2)16-14(18)13-7-12(9-17(13)22(3,19)20)21-11-5-4-6-15-8-11/h4-6,8,10,12-13H,7,9H2,1-3H3,(H,16,18)/t12-,13-/m0/s1. The Morgan fingerprint density at radius 3 is 2.77 bits per heavy atom. The van der Waals surface area contributed by atoms with Gasteiger partial charge in [0.25, 0.3) is 0 Å². The Kier molecular flexibility index (Phi) is 5.02. The number of ether oxygens (including phenoxy) is 1. The van der Waals surface area contributed by atoms with Crippen LogP contribution >= 0.6 is 0 Å². The van der Waals surface area contributed by atoms with Crippen LogP contribution in [0.1, 0.15) is 20.3 Å². The molecular formula is C14H21N3O4S. The molecule has 0 spiro atoms. The van der Waals surface area contributed by atoms with E-state index in [4.69, 9.17) is 4.74 Å². The van der Waals surface area contributed by atoms with Crippen molar-refractivity contribution in [3.8, 4) is 5.75 Å². The van der Waals surface area contributed by atoms with E-state index in [-0.39, 0.29) is 24.6 Å². The van der Waals surface area contributed by atoms with Gasteiger partial charge in [0.1, 0.15) is 17.9 Å². The fraction of sp³-hybridized carbons (Fsp3) is 0.571. The topological polar surface area (TPSA) is 88.6 Å². The number of carbonyl (C=O) groups excluding carboxylic acids is 1. The van der Waals surface area contributed by atoms with Crippen molar-refractivity contribution in [3.05, 3.63) is 24.5 Å². The molecule has 0 unspecified atom stereocenters. The van der Waals surface area contributed by atoms with Crippen LogP contribution in [-0.4, -0.2) is 54.6 Å². The van der Waals surface area contributed by atoms with Crippen LogP contribution in [0.25, 0.3) is 0 Å². The summed E-state index contributed by atoms with van der Waals surface area (Å²) in [6.45, 7) is 3.83. The quantitative estimate of drug-likeness (QED) is 0.845. The molecule has 2 rings (SSSR count). The van der Waals surface area contributed by atoms with Crippen LogP contribution in [0, 0.1) is 0 Å². The molecule has 1 amide bonds. The molecule has 1 aromatic rings. The van der Waals surface area contributed by atoms with Crippen molar-refractivity contribution in [2.75, 3.05) is 12.8 Å². The van der Waals surface area contributed by atoms with Crippen LogP contribution < -0.4 is 10.1 Å². The first-order valence-electron chi connectivity index (χ1n) is 7.11. The van der Waals surface area contributed by atoms with Crippen LogP contribution in [0.2, 0.25) is 0 Å². The molecule has 8 heteroatoms. The second-order valence-electron chi connectivity index (χ2n) is 5.68. The highest BCUT2D eigenvalue weighted by molar-refractivity contribution is 7.88. The molecule has 1 aliphatic heterocycles. The van der Waals surface area contributed by atoms with E-state index in [2.05, 4.69) is 10.3 Å². The molecule has 0 aliphatic carbocycles. The van der Waals surface area contributed by atoms with Crippen LogP contribution in [0.4, 0.5) is 0 Å². The Morgan fingerprint density at radius 2 is 2.23 bits per heavy atom. The molecule has 0 aromatic carbocycles. The van der Waals surface area contributed by atoms with Crippen LogP contribution in [-0.2, 0) is 14.8 Å². The van der Waals surface area contributed by atoms with Gasteiger partial charge in [-0.1, -0.05) is 0 Å². The Labute approximate surface area is 130 Å². The normalized spacial score (nSPS) is 22.7. The van der Waals surface area contributed by atoms with Crippen molar-refractivity contribution in [2.24, 2.45) is 0 Å². The van der Waals surface area contributed by atoms with Gasteiger partial charge in [0.15, 0.2) is 0 Å². The van der Waals surface area contributed by atoms with Crippen molar-refractivity contribution < 1.29 is 17.9 Å². The number of hydrogen-bond donors (Lipinski definition) is 1. The van der Waals surface area contributed by atoms with Crippen molar-refractivity contribution in [1.82, 2.24) is 14.6 Å². The van der Waals surface area contributed by atoms with Gasteiger partial charge in [-0.2, -0.15) is 4.31 Å². The summed E-state index contributed by atoms with van der Waals surface area (Å²) in [5.41, 5.74) is 0. The summed E-state index contributed by atoms with van der Waals surface area (Å²) in [4.78, 5) is 16.2. The molecule has 1 aliphatic rings. The number of sulfonamides is 1. The van der Waals surface area contributed by atoms with Gasteiger partial charge in [-0.3, -0.25) is 9.78 Å². The monoisotopic (exact) mass is 327 g/mol. The van der Waals surface area contributed by atoms with Gasteiger partial charge in [-0.15, -0.1) is 0 Å². The minimum Gasteiger partial charge on any atom is -0.487 e. The Bertz CT molecular complexity index is 618. The van der Waals surface area contributed by atoms with Crippen molar-refractivity contribution >= 4 is 15.9 Å². The number of pyridine rings is 1. The fourth-order valence-electron chi connectivity index (χ4n) is 2.45. The molecule has 2 atom stereocenters. The van der Waals surface area contributed by atoms with Gasteiger partial charge in [0.05, 0.1) is 19.0 Å². The highest BCUT2D eigenvalue weighted by Gasteiger charge is 2.42. The lowest BCUT2D eigenvalue weighted by molar-refractivity contribution is -0.124. The number of carbonyl (C=O) groups is 1. The zero-order valence-electron chi connectivity index (χ0n) is 12.9. The maximum absolute atomic E-state index is 12.2. The third kappa shape index (κ3) is 4.17.